The van der Waals surface area contributed by atoms with E-state index in [2.05, 4.69) is 20.8 Å². The van der Waals surface area contributed by atoms with Gasteiger partial charge in [-0.05, 0) is 20.3 Å². The summed E-state index contributed by atoms with van der Waals surface area (Å²) in [5.74, 6) is 0. The number of halogens is 1. The highest BCUT2D eigenvalue weighted by Crippen LogP contribution is 2.13. The monoisotopic (exact) mass is 221 g/mol. The first kappa shape index (κ1) is 16.7. The van der Waals surface area contributed by atoms with Crippen LogP contribution >= 0.6 is 12.4 Å². The summed E-state index contributed by atoms with van der Waals surface area (Å²) in [6.45, 7) is 6.49. The van der Waals surface area contributed by atoms with E-state index in [0.717, 1.165) is 0 Å². The van der Waals surface area contributed by atoms with Crippen molar-refractivity contribution < 1.29 is 0 Å². The molecule has 0 bridgehead atoms. The van der Waals surface area contributed by atoms with Crippen LogP contribution in [0.15, 0.2) is 0 Å². The third-order valence-electron chi connectivity index (χ3n) is 2.42. The van der Waals surface area contributed by atoms with E-state index in [1.54, 1.807) is 0 Å². The highest BCUT2D eigenvalue weighted by atomic mass is 35.5. The summed E-state index contributed by atoms with van der Waals surface area (Å²) >= 11 is 0. The van der Waals surface area contributed by atoms with Gasteiger partial charge in [0.15, 0.2) is 0 Å². The van der Waals surface area contributed by atoms with E-state index in [0.29, 0.717) is 0 Å². The average Bonchev–Trinajstić information content (AvgIpc) is 2.01. The summed E-state index contributed by atoms with van der Waals surface area (Å²) in [7, 11) is 0. The highest BCUT2D eigenvalue weighted by Gasteiger charge is 2.08. The molecule has 0 aliphatic rings. The first-order chi connectivity index (χ1) is 6.06. The molecule has 0 aromatic carbocycles. The Balaban J connectivity index is 0. The molecule has 0 saturated carbocycles. The van der Waals surface area contributed by atoms with Gasteiger partial charge in [0.25, 0.3) is 0 Å². The Morgan fingerprint density at radius 1 is 0.857 bits per heavy atom. The van der Waals surface area contributed by atoms with Crippen LogP contribution in [0, 0.1) is 0 Å². The highest BCUT2D eigenvalue weighted by molar-refractivity contribution is 5.85. The predicted octanol–water partition coefficient (Wildman–Crippen LogP) is 4.29. The van der Waals surface area contributed by atoms with Crippen LogP contribution in [0.3, 0.4) is 0 Å². The number of hydrogen-bond acceptors (Lipinski definition) is 1. The molecule has 0 aromatic rings. The lowest BCUT2D eigenvalue weighted by Crippen LogP contribution is -2.31. The summed E-state index contributed by atoms with van der Waals surface area (Å²) in [5.41, 5.74) is 5.94. The molecule has 1 nitrogen and oxygen atoms in total. The Hall–Kier alpha value is 0.250. The summed E-state index contributed by atoms with van der Waals surface area (Å²) in [4.78, 5) is 0. The molecule has 0 unspecified atom stereocenters. The maximum Gasteiger partial charge on any atom is 0.00970 e. The Labute approximate surface area is 96.2 Å². The molecule has 0 spiro atoms. The van der Waals surface area contributed by atoms with Crippen LogP contribution in [0.1, 0.15) is 72.1 Å². The molecule has 0 aliphatic carbocycles. The van der Waals surface area contributed by atoms with Crippen LogP contribution in [-0.2, 0) is 0 Å². The normalized spacial score (nSPS) is 11.1. The van der Waals surface area contributed by atoms with E-state index < -0.39 is 0 Å². The second-order valence-corrected chi connectivity index (χ2v) is 4.86. The maximum atomic E-state index is 5.90. The zero-order valence-electron chi connectivity index (χ0n) is 10.1. The smallest absolute Gasteiger partial charge is 0.00970 e. The Morgan fingerprint density at radius 2 is 1.29 bits per heavy atom. The van der Waals surface area contributed by atoms with Crippen LogP contribution in [0.25, 0.3) is 0 Å². The first-order valence-corrected chi connectivity index (χ1v) is 5.85. The molecule has 0 atom stereocenters. The standard InChI is InChI=1S/C12H27N.ClH/c1-4-5-6-7-8-9-10-11-12(2,3)13;/h4-11,13H2,1-3H3;1H. The van der Waals surface area contributed by atoms with Crippen LogP contribution in [0.2, 0.25) is 0 Å². The van der Waals surface area contributed by atoms with Gasteiger partial charge in [-0.15, -0.1) is 12.4 Å². The second kappa shape index (κ2) is 9.79. The Kier molecular flexibility index (Phi) is 11.7. The lowest BCUT2D eigenvalue weighted by Gasteiger charge is -2.17. The molecule has 0 heterocycles. The van der Waals surface area contributed by atoms with Crippen LogP contribution in [-0.4, -0.2) is 5.54 Å². The van der Waals surface area contributed by atoms with Crippen molar-refractivity contribution in [1.82, 2.24) is 0 Å². The summed E-state index contributed by atoms with van der Waals surface area (Å²) < 4.78 is 0. The largest absolute Gasteiger partial charge is 0.326 e. The van der Waals surface area contributed by atoms with Gasteiger partial charge in [0.2, 0.25) is 0 Å². The molecule has 0 amide bonds. The van der Waals surface area contributed by atoms with Gasteiger partial charge in [-0.25, -0.2) is 0 Å². The van der Waals surface area contributed by atoms with Gasteiger partial charge in [0.05, 0.1) is 0 Å². The minimum atomic E-state index is 0. The molecule has 0 rings (SSSR count). The Bertz CT molecular complexity index is 107. The fraction of sp³-hybridized carbons (Fsp3) is 1.00. The summed E-state index contributed by atoms with van der Waals surface area (Å²) in [5, 5.41) is 0. The van der Waals surface area contributed by atoms with Gasteiger partial charge in [0, 0.05) is 5.54 Å². The van der Waals surface area contributed by atoms with E-state index in [9.17, 15) is 0 Å². The first-order valence-electron chi connectivity index (χ1n) is 5.85. The van der Waals surface area contributed by atoms with Crippen molar-refractivity contribution in [3.8, 4) is 0 Å². The summed E-state index contributed by atoms with van der Waals surface area (Å²) in [6.07, 6.45) is 10.8. The number of nitrogens with two attached hydrogens (primary N) is 1. The van der Waals surface area contributed by atoms with Crippen molar-refractivity contribution in [3.05, 3.63) is 0 Å². The van der Waals surface area contributed by atoms with Crippen molar-refractivity contribution in [2.75, 3.05) is 0 Å². The van der Waals surface area contributed by atoms with Crippen LogP contribution < -0.4 is 5.73 Å². The maximum absolute atomic E-state index is 5.90. The van der Waals surface area contributed by atoms with Crippen molar-refractivity contribution in [3.63, 3.8) is 0 Å². The van der Waals surface area contributed by atoms with E-state index in [4.69, 9.17) is 5.73 Å². The second-order valence-electron chi connectivity index (χ2n) is 4.86. The van der Waals surface area contributed by atoms with E-state index in [1.807, 2.05) is 0 Å². The molecule has 2 N–H and O–H groups in total. The SMILES string of the molecule is CCCCCCCCCC(C)(C)N.Cl. The van der Waals surface area contributed by atoms with E-state index in [-0.39, 0.29) is 17.9 Å². The van der Waals surface area contributed by atoms with Crippen molar-refractivity contribution in [2.45, 2.75) is 77.7 Å². The quantitative estimate of drug-likeness (QED) is 0.609. The molecule has 0 aromatic heterocycles. The van der Waals surface area contributed by atoms with Crippen molar-refractivity contribution in [2.24, 2.45) is 5.73 Å². The summed E-state index contributed by atoms with van der Waals surface area (Å²) in [6, 6.07) is 0. The molecule has 88 valence electrons. The molecular weight excluding hydrogens is 194 g/mol. The number of rotatable bonds is 8. The number of hydrogen-bond donors (Lipinski definition) is 1. The van der Waals surface area contributed by atoms with Gasteiger partial charge in [-0.1, -0.05) is 51.9 Å². The topological polar surface area (TPSA) is 26.0 Å². The fourth-order valence-corrected chi connectivity index (χ4v) is 1.54. The van der Waals surface area contributed by atoms with Crippen molar-refractivity contribution >= 4 is 12.4 Å². The molecule has 14 heavy (non-hydrogen) atoms. The van der Waals surface area contributed by atoms with Crippen molar-refractivity contribution in [1.29, 1.82) is 0 Å². The zero-order valence-corrected chi connectivity index (χ0v) is 11.0. The molecule has 0 radical (unpaired) electrons. The molecular formula is C12H28ClN. The minimum Gasteiger partial charge on any atom is -0.326 e. The average molecular weight is 222 g/mol. The van der Waals surface area contributed by atoms with E-state index >= 15 is 0 Å². The van der Waals surface area contributed by atoms with Crippen LogP contribution in [0.5, 0.6) is 0 Å². The third-order valence-corrected chi connectivity index (χ3v) is 2.42. The minimum absolute atomic E-state index is 0. The predicted molar refractivity (Wildman–Crippen MR) is 68.1 cm³/mol. The fourth-order valence-electron chi connectivity index (χ4n) is 1.54. The Morgan fingerprint density at radius 3 is 1.71 bits per heavy atom. The molecule has 0 aliphatic heterocycles. The van der Waals surface area contributed by atoms with Gasteiger partial charge < -0.3 is 5.73 Å². The van der Waals surface area contributed by atoms with Gasteiger partial charge in [-0.3, -0.25) is 0 Å². The number of unbranched alkanes of at least 4 members (excludes halogenated alkanes) is 6. The molecule has 0 fully saturated rings. The van der Waals surface area contributed by atoms with Gasteiger partial charge >= 0.3 is 0 Å². The van der Waals surface area contributed by atoms with Gasteiger partial charge in [-0.2, -0.15) is 0 Å². The molecule has 0 saturated heterocycles. The van der Waals surface area contributed by atoms with Gasteiger partial charge in [0.1, 0.15) is 0 Å². The molecule has 2 heteroatoms. The zero-order chi connectivity index (χ0) is 10.2. The lowest BCUT2D eigenvalue weighted by atomic mass is 9.97. The van der Waals surface area contributed by atoms with E-state index in [1.165, 1.54) is 51.4 Å². The lowest BCUT2D eigenvalue weighted by molar-refractivity contribution is 0.441. The van der Waals surface area contributed by atoms with Crippen LogP contribution in [0.4, 0.5) is 0 Å². The third kappa shape index (κ3) is 14.8.